The highest BCUT2D eigenvalue weighted by Crippen LogP contribution is 2.14. The topological polar surface area (TPSA) is 22.2 Å². The maximum atomic E-state index is 6.42. The van der Waals surface area contributed by atoms with E-state index in [1.807, 2.05) is 0 Å². The van der Waals surface area contributed by atoms with Crippen LogP contribution in [0.5, 0.6) is 0 Å². The highest BCUT2D eigenvalue weighted by Gasteiger charge is 2.19. The molecule has 2 atom stereocenters. The van der Waals surface area contributed by atoms with Crippen molar-refractivity contribution in [2.24, 2.45) is 0 Å². The van der Waals surface area contributed by atoms with E-state index in [-0.39, 0.29) is 0 Å². The van der Waals surface area contributed by atoms with Crippen molar-refractivity contribution in [1.29, 1.82) is 0 Å². The molecule has 0 saturated carbocycles. The third-order valence-corrected chi connectivity index (χ3v) is 6.45. The molecule has 0 aromatic carbocycles. The molecule has 0 aliphatic carbocycles. The molecule has 0 fully saturated rings. The van der Waals surface area contributed by atoms with Crippen molar-refractivity contribution in [2.75, 3.05) is 81.7 Å². The fourth-order valence-corrected chi connectivity index (χ4v) is 3.90. The Kier molecular flexibility index (Phi) is 20.3. The molecule has 5 nitrogen and oxygen atoms in total. The Morgan fingerprint density at radius 1 is 0.516 bits per heavy atom. The standard InChI is InChI=1S/C26H58N4O/c1-9-11-13-15-17-25(29(7)21-19-27(3)4)23-31-24-26(18-16-14-12-10-2)30(8)22-20-28(5)6/h25-26H,9-24H2,1-8H3. The fourth-order valence-electron chi connectivity index (χ4n) is 3.90. The van der Waals surface area contributed by atoms with E-state index in [9.17, 15) is 0 Å². The van der Waals surface area contributed by atoms with Gasteiger partial charge in [0, 0.05) is 38.3 Å². The van der Waals surface area contributed by atoms with Crippen LogP contribution in [0.3, 0.4) is 0 Å². The van der Waals surface area contributed by atoms with E-state index < -0.39 is 0 Å². The number of likely N-dealkylation sites (N-methyl/N-ethyl adjacent to an activating group) is 4. The van der Waals surface area contributed by atoms with Crippen LogP contribution < -0.4 is 0 Å². The molecule has 0 amide bonds. The van der Waals surface area contributed by atoms with Crippen molar-refractivity contribution in [3.05, 3.63) is 0 Å². The van der Waals surface area contributed by atoms with Gasteiger partial charge in [-0.2, -0.15) is 0 Å². The van der Waals surface area contributed by atoms with E-state index in [0.717, 1.165) is 39.4 Å². The molecule has 0 rings (SSSR count). The van der Waals surface area contributed by atoms with Crippen LogP contribution in [0.4, 0.5) is 0 Å². The van der Waals surface area contributed by atoms with Crippen molar-refractivity contribution < 1.29 is 4.74 Å². The van der Waals surface area contributed by atoms with Crippen molar-refractivity contribution in [2.45, 2.75) is 90.1 Å². The first-order valence-electron chi connectivity index (χ1n) is 13.1. The number of ether oxygens (including phenoxy) is 1. The van der Waals surface area contributed by atoms with Gasteiger partial charge in [-0.15, -0.1) is 0 Å². The van der Waals surface area contributed by atoms with Crippen LogP contribution in [0.1, 0.15) is 78.1 Å². The Labute approximate surface area is 196 Å². The maximum Gasteiger partial charge on any atom is 0.0622 e. The Morgan fingerprint density at radius 2 is 0.903 bits per heavy atom. The summed E-state index contributed by atoms with van der Waals surface area (Å²) in [6.07, 6.45) is 13.1. The van der Waals surface area contributed by atoms with Gasteiger partial charge in [0.25, 0.3) is 0 Å². The molecule has 0 N–H and O–H groups in total. The van der Waals surface area contributed by atoms with Crippen LogP contribution in [-0.2, 0) is 4.74 Å². The molecule has 2 unspecified atom stereocenters. The minimum Gasteiger partial charge on any atom is -0.378 e. The third kappa shape index (κ3) is 18.0. The summed E-state index contributed by atoms with van der Waals surface area (Å²) >= 11 is 0. The first-order valence-corrected chi connectivity index (χ1v) is 13.1. The van der Waals surface area contributed by atoms with Gasteiger partial charge in [0.15, 0.2) is 0 Å². The Morgan fingerprint density at radius 3 is 1.23 bits per heavy atom. The highest BCUT2D eigenvalue weighted by molar-refractivity contribution is 4.73. The highest BCUT2D eigenvalue weighted by atomic mass is 16.5. The molecule has 0 aliphatic rings. The van der Waals surface area contributed by atoms with Gasteiger partial charge in [-0.1, -0.05) is 65.2 Å². The zero-order valence-electron chi connectivity index (χ0n) is 22.7. The summed E-state index contributed by atoms with van der Waals surface area (Å²) in [5.74, 6) is 0. The Balaban J connectivity index is 4.69. The second-order valence-corrected chi connectivity index (χ2v) is 10.1. The largest absolute Gasteiger partial charge is 0.378 e. The number of hydrogen-bond donors (Lipinski definition) is 0. The smallest absolute Gasteiger partial charge is 0.0622 e. The van der Waals surface area contributed by atoms with Crippen molar-refractivity contribution in [3.63, 3.8) is 0 Å². The lowest BCUT2D eigenvalue weighted by Gasteiger charge is -2.32. The number of unbranched alkanes of at least 4 members (excludes halogenated alkanes) is 6. The molecule has 31 heavy (non-hydrogen) atoms. The average molecular weight is 443 g/mol. The third-order valence-electron chi connectivity index (χ3n) is 6.45. The van der Waals surface area contributed by atoms with E-state index in [0.29, 0.717) is 12.1 Å². The molecule has 0 aromatic heterocycles. The molecule has 0 aliphatic heterocycles. The molecule has 0 bridgehead atoms. The summed E-state index contributed by atoms with van der Waals surface area (Å²) in [5.41, 5.74) is 0. The van der Waals surface area contributed by atoms with E-state index in [2.05, 4.69) is 75.7 Å². The predicted octanol–water partition coefficient (Wildman–Crippen LogP) is 4.67. The molecule has 0 spiro atoms. The van der Waals surface area contributed by atoms with Gasteiger partial charge in [0.2, 0.25) is 0 Å². The lowest BCUT2D eigenvalue weighted by Crippen LogP contribution is -2.42. The van der Waals surface area contributed by atoms with E-state index in [1.54, 1.807) is 0 Å². The summed E-state index contributed by atoms with van der Waals surface area (Å²) in [6, 6.07) is 1.06. The van der Waals surface area contributed by atoms with Gasteiger partial charge >= 0.3 is 0 Å². The lowest BCUT2D eigenvalue weighted by atomic mass is 10.1. The Hall–Kier alpha value is -0.200. The minimum atomic E-state index is 0.532. The van der Waals surface area contributed by atoms with Gasteiger partial charge in [0.1, 0.15) is 0 Å². The van der Waals surface area contributed by atoms with E-state index in [4.69, 9.17) is 4.74 Å². The van der Waals surface area contributed by atoms with Gasteiger partial charge in [-0.3, -0.25) is 9.80 Å². The van der Waals surface area contributed by atoms with Gasteiger partial charge in [-0.05, 0) is 55.1 Å². The number of nitrogens with zero attached hydrogens (tertiary/aromatic N) is 4. The predicted molar refractivity (Wildman–Crippen MR) is 138 cm³/mol. The van der Waals surface area contributed by atoms with Crippen molar-refractivity contribution in [3.8, 4) is 0 Å². The van der Waals surface area contributed by atoms with Gasteiger partial charge < -0.3 is 14.5 Å². The molecule has 0 heterocycles. The molecule has 0 radical (unpaired) electrons. The zero-order valence-corrected chi connectivity index (χ0v) is 22.7. The fraction of sp³-hybridized carbons (Fsp3) is 1.00. The van der Waals surface area contributed by atoms with Crippen LogP contribution in [0.2, 0.25) is 0 Å². The van der Waals surface area contributed by atoms with Crippen LogP contribution >= 0.6 is 0 Å². The number of rotatable bonds is 22. The van der Waals surface area contributed by atoms with Crippen LogP contribution in [0.25, 0.3) is 0 Å². The Bertz CT molecular complexity index is 344. The maximum absolute atomic E-state index is 6.42. The summed E-state index contributed by atoms with van der Waals surface area (Å²) in [4.78, 5) is 9.60. The molecular formula is C26H58N4O. The molecule has 0 saturated heterocycles. The number of hydrogen-bond acceptors (Lipinski definition) is 5. The van der Waals surface area contributed by atoms with E-state index in [1.165, 1.54) is 64.2 Å². The second-order valence-electron chi connectivity index (χ2n) is 10.1. The van der Waals surface area contributed by atoms with Crippen LogP contribution in [0.15, 0.2) is 0 Å². The summed E-state index contributed by atoms with van der Waals surface area (Å²) in [5, 5.41) is 0. The second kappa shape index (κ2) is 20.4. The van der Waals surface area contributed by atoms with Crippen LogP contribution in [-0.4, -0.2) is 113 Å². The zero-order chi connectivity index (χ0) is 23.5. The molecule has 5 heteroatoms. The SMILES string of the molecule is CCCCCCC(COCC(CCCCCC)N(C)CCN(C)C)N(C)CCN(C)C. The molecule has 188 valence electrons. The first kappa shape index (κ1) is 30.8. The monoisotopic (exact) mass is 442 g/mol. The lowest BCUT2D eigenvalue weighted by molar-refractivity contribution is 0.0255. The minimum absolute atomic E-state index is 0.532. The average Bonchev–Trinajstić information content (AvgIpc) is 2.73. The van der Waals surface area contributed by atoms with Gasteiger partial charge in [0.05, 0.1) is 13.2 Å². The summed E-state index contributed by atoms with van der Waals surface area (Å²) < 4.78 is 6.42. The van der Waals surface area contributed by atoms with Crippen LogP contribution in [0, 0.1) is 0 Å². The first-order chi connectivity index (χ1) is 14.8. The summed E-state index contributed by atoms with van der Waals surface area (Å²) in [7, 11) is 13.2. The quantitative estimate of drug-likeness (QED) is 0.227. The normalized spacial score (nSPS) is 14.3. The molecular weight excluding hydrogens is 384 g/mol. The van der Waals surface area contributed by atoms with E-state index >= 15 is 0 Å². The van der Waals surface area contributed by atoms with Gasteiger partial charge in [-0.25, -0.2) is 0 Å². The van der Waals surface area contributed by atoms with Crippen molar-refractivity contribution >= 4 is 0 Å². The van der Waals surface area contributed by atoms with Crippen molar-refractivity contribution in [1.82, 2.24) is 19.6 Å². The summed E-state index contributed by atoms with van der Waals surface area (Å²) in [6.45, 7) is 10.7. The molecule has 0 aromatic rings.